The van der Waals surface area contributed by atoms with E-state index in [-0.39, 0.29) is 10.8 Å². The van der Waals surface area contributed by atoms with Gasteiger partial charge in [-0.25, -0.2) is 18.2 Å². The number of benzene rings is 1. The van der Waals surface area contributed by atoms with Gasteiger partial charge in [0, 0.05) is 11.9 Å². The Labute approximate surface area is 118 Å². The second-order valence-electron chi connectivity index (χ2n) is 5.05. The number of nitrogens with two attached hydrogens (primary N) is 2. The maximum Gasteiger partial charge on any atom is 0.238 e. The fourth-order valence-corrected chi connectivity index (χ4v) is 2.84. The van der Waals surface area contributed by atoms with Gasteiger partial charge in [-0.1, -0.05) is 13.8 Å². The van der Waals surface area contributed by atoms with Crippen molar-refractivity contribution in [3.63, 3.8) is 0 Å². The van der Waals surface area contributed by atoms with E-state index in [9.17, 15) is 8.42 Å². The summed E-state index contributed by atoms with van der Waals surface area (Å²) in [5, 5.41) is 9.64. The molecule has 0 atom stereocenters. The summed E-state index contributed by atoms with van der Waals surface area (Å²) >= 11 is 0. The molecule has 1 heterocycles. The lowest BCUT2D eigenvalue weighted by Gasteiger charge is -2.11. The molecule has 0 amide bonds. The van der Waals surface area contributed by atoms with Crippen LogP contribution in [-0.4, -0.2) is 18.2 Å². The quantitative estimate of drug-likeness (QED) is 0.838. The van der Waals surface area contributed by atoms with Gasteiger partial charge in [-0.2, -0.15) is 5.10 Å². The Morgan fingerprint density at radius 1 is 1.30 bits per heavy atom. The highest BCUT2D eigenvalue weighted by atomic mass is 32.2. The molecule has 0 aliphatic rings. The summed E-state index contributed by atoms with van der Waals surface area (Å²) in [6.45, 7) is 5.76. The van der Waals surface area contributed by atoms with Crippen LogP contribution in [0.15, 0.2) is 29.3 Å². The third-order valence-corrected chi connectivity index (χ3v) is 4.15. The molecule has 2 rings (SSSR count). The molecule has 0 saturated heterocycles. The third-order valence-electron chi connectivity index (χ3n) is 3.11. The van der Waals surface area contributed by atoms with Gasteiger partial charge in [0.2, 0.25) is 10.0 Å². The van der Waals surface area contributed by atoms with Crippen LogP contribution in [0.1, 0.15) is 31.0 Å². The van der Waals surface area contributed by atoms with Gasteiger partial charge in [0.05, 0.1) is 16.3 Å². The van der Waals surface area contributed by atoms with Crippen LogP contribution in [0, 0.1) is 6.92 Å². The van der Waals surface area contributed by atoms with Crippen molar-refractivity contribution in [1.29, 1.82) is 0 Å². The number of nitrogens with zero attached hydrogens (tertiary/aromatic N) is 2. The molecular formula is C13H18N4O2S. The van der Waals surface area contributed by atoms with Crippen LogP contribution in [0.4, 0.5) is 5.69 Å². The molecule has 0 radical (unpaired) electrons. The first-order valence-corrected chi connectivity index (χ1v) is 7.73. The minimum Gasteiger partial charge on any atom is -0.399 e. The van der Waals surface area contributed by atoms with Crippen molar-refractivity contribution in [1.82, 2.24) is 9.78 Å². The average molecular weight is 294 g/mol. The maximum atomic E-state index is 11.6. The molecule has 0 aliphatic heterocycles. The van der Waals surface area contributed by atoms with E-state index in [1.54, 1.807) is 23.9 Å². The van der Waals surface area contributed by atoms with E-state index in [0.717, 1.165) is 5.69 Å². The monoisotopic (exact) mass is 294 g/mol. The van der Waals surface area contributed by atoms with Crippen molar-refractivity contribution >= 4 is 15.7 Å². The highest BCUT2D eigenvalue weighted by Crippen LogP contribution is 2.25. The molecule has 1 aromatic carbocycles. The summed E-state index contributed by atoms with van der Waals surface area (Å²) < 4.78 is 24.8. The summed E-state index contributed by atoms with van der Waals surface area (Å²) in [5.74, 6) is 0.287. The second-order valence-corrected chi connectivity index (χ2v) is 6.58. The standard InChI is InChI=1S/C13H18N4O2S/c1-8(2)11-4-5-17(16-11)12-6-10(14)7-13(9(12)3)20(15,18)19/h4-8H,14H2,1-3H3,(H2,15,18,19). The van der Waals surface area contributed by atoms with Crippen molar-refractivity contribution in [2.75, 3.05) is 5.73 Å². The minimum atomic E-state index is -3.82. The number of anilines is 1. The molecule has 6 nitrogen and oxygen atoms in total. The van der Waals surface area contributed by atoms with Crippen LogP contribution in [0.3, 0.4) is 0 Å². The predicted octanol–water partition coefficient (Wildman–Crippen LogP) is 1.53. The van der Waals surface area contributed by atoms with E-state index < -0.39 is 10.0 Å². The normalized spacial score (nSPS) is 12.1. The van der Waals surface area contributed by atoms with Gasteiger partial charge in [0.15, 0.2) is 0 Å². The molecule has 0 bridgehead atoms. The zero-order chi connectivity index (χ0) is 15.1. The van der Waals surface area contributed by atoms with Crippen molar-refractivity contribution in [3.8, 4) is 5.69 Å². The maximum absolute atomic E-state index is 11.6. The summed E-state index contributed by atoms with van der Waals surface area (Å²) in [7, 11) is -3.82. The number of sulfonamides is 1. The van der Waals surface area contributed by atoms with Crippen molar-refractivity contribution < 1.29 is 8.42 Å². The van der Waals surface area contributed by atoms with Gasteiger partial charge in [0.1, 0.15) is 0 Å². The summed E-state index contributed by atoms with van der Waals surface area (Å²) in [4.78, 5) is 0.0223. The molecule has 2 aromatic rings. The van der Waals surface area contributed by atoms with Crippen molar-refractivity contribution in [2.45, 2.75) is 31.6 Å². The first-order chi connectivity index (χ1) is 9.20. The number of rotatable bonds is 3. The molecule has 4 N–H and O–H groups in total. The molecule has 0 unspecified atom stereocenters. The lowest BCUT2D eigenvalue weighted by Crippen LogP contribution is -2.15. The Hall–Kier alpha value is -1.86. The highest BCUT2D eigenvalue weighted by molar-refractivity contribution is 7.89. The van der Waals surface area contributed by atoms with Gasteiger partial charge < -0.3 is 5.73 Å². The van der Waals surface area contributed by atoms with E-state index in [1.807, 2.05) is 19.9 Å². The van der Waals surface area contributed by atoms with E-state index in [0.29, 0.717) is 16.9 Å². The molecule has 0 saturated carbocycles. The SMILES string of the molecule is Cc1c(-n2ccc(C(C)C)n2)cc(N)cc1S(N)(=O)=O. The van der Waals surface area contributed by atoms with Gasteiger partial charge >= 0.3 is 0 Å². The predicted molar refractivity (Wildman–Crippen MR) is 78.2 cm³/mol. The molecule has 108 valence electrons. The first kappa shape index (κ1) is 14.5. The van der Waals surface area contributed by atoms with Crippen LogP contribution >= 0.6 is 0 Å². The van der Waals surface area contributed by atoms with E-state index >= 15 is 0 Å². The van der Waals surface area contributed by atoms with Crippen LogP contribution in [0.2, 0.25) is 0 Å². The summed E-state index contributed by atoms with van der Waals surface area (Å²) in [5.41, 5.74) is 8.16. The van der Waals surface area contributed by atoms with Crippen LogP contribution in [0.5, 0.6) is 0 Å². The summed E-state index contributed by atoms with van der Waals surface area (Å²) in [6, 6.07) is 4.94. The van der Waals surface area contributed by atoms with Gasteiger partial charge in [-0.3, -0.25) is 0 Å². The number of hydrogen-bond acceptors (Lipinski definition) is 4. The van der Waals surface area contributed by atoms with Crippen LogP contribution in [-0.2, 0) is 10.0 Å². The Bertz CT molecular complexity index is 748. The fourth-order valence-electron chi connectivity index (χ4n) is 2.01. The number of aromatic nitrogens is 2. The van der Waals surface area contributed by atoms with Crippen molar-refractivity contribution in [2.24, 2.45) is 5.14 Å². The second kappa shape index (κ2) is 4.92. The molecule has 0 aliphatic carbocycles. The lowest BCUT2D eigenvalue weighted by molar-refractivity contribution is 0.597. The van der Waals surface area contributed by atoms with Gasteiger partial charge in [-0.15, -0.1) is 0 Å². The molecule has 1 aromatic heterocycles. The highest BCUT2D eigenvalue weighted by Gasteiger charge is 2.17. The Morgan fingerprint density at radius 3 is 2.45 bits per heavy atom. The molecule has 0 fully saturated rings. The molecule has 7 heteroatoms. The number of primary sulfonamides is 1. The van der Waals surface area contributed by atoms with E-state index in [2.05, 4.69) is 5.10 Å². The Kier molecular flexibility index (Phi) is 3.58. The smallest absolute Gasteiger partial charge is 0.238 e. The average Bonchev–Trinajstić information content (AvgIpc) is 2.79. The first-order valence-electron chi connectivity index (χ1n) is 6.19. The largest absolute Gasteiger partial charge is 0.399 e. The summed E-state index contributed by atoms with van der Waals surface area (Å²) in [6.07, 6.45) is 1.78. The zero-order valence-electron chi connectivity index (χ0n) is 11.7. The Morgan fingerprint density at radius 2 is 1.95 bits per heavy atom. The van der Waals surface area contributed by atoms with Gasteiger partial charge in [-0.05, 0) is 36.6 Å². The minimum absolute atomic E-state index is 0.0223. The van der Waals surface area contributed by atoms with Crippen LogP contribution < -0.4 is 10.9 Å². The third kappa shape index (κ3) is 2.68. The number of nitrogen functional groups attached to an aromatic ring is 1. The molecule has 0 spiro atoms. The fraction of sp³-hybridized carbons (Fsp3) is 0.308. The van der Waals surface area contributed by atoms with E-state index in [1.165, 1.54) is 6.07 Å². The van der Waals surface area contributed by atoms with Crippen LogP contribution in [0.25, 0.3) is 5.69 Å². The molecule has 20 heavy (non-hydrogen) atoms. The van der Waals surface area contributed by atoms with E-state index in [4.69, 9.17) is 10.9 Å². The topological polar surface area (TPSA) is 104 Å². The lowest BCUT2D eigenvalue weighted by atomic mass is 10.1. The molecular weight excluding hydrogens is 276 g/mol. The van der Waals surface area contributed by atoms with Gasteiger partial charge in [0.25, 0.3) is 0 Å². The Balaban J connectivity index is 2.65. The van der Waals surface area contributed by atoms with Crippen molar-refractivity contribution in [3.05, 3.63) is 35.7 Å². The number of hydrogen-bond donors (Lipinski definition) is 2. The zero-order valence-corrected chi connectivity index (χ0v) is 12.5.